The summed E-state index contributed by atoms with van der Waals surface area (Å²) in [6, 6.07) is 17.2. The Hall–Kier alpha value is -2.70. The number of furan rings is 1. The predicted octanol–water partition coefficient (Wildman–Crippen LogP) is 4.77. The van der Waals surface area contributed by atoms with Gasteiger partial charge in [0.2, 0.25) is 15.9 Å². The van der Waals surface area contributed by atoms with Crippen molar-refractivity contribution in [3.8, 4) is 0 Å². The highest BCUT2D eigenvalue weighted by atomic mass is 127. The van der Waals surface area contributed by atoms with Crippen LogP contribution in [0.4, 0.5) is 4.79 Å². The minimum absolute atomic E-state index is 0.0338. The number of carbonyl (C=O) groups excluding carboxylic acids is 2. The molecule has 1 fully saturated rings. The second-order valence-corrected chi connectivity index (χ2v) is 11.0. The number of rotatable bonds is 9. The molecule has 3 aromatic rings. The molecule has 1 N–H and O–H groups in total. The second kappa shape index (κ2) is 10.9. The zero-order valence-electron chi connectivity index (χ0n) is 19.0. The maximum absolute atomic E-state index is 13.9. The molecule has 0 aliphatic carbocycles. The van der Waals surface area contributed by atoms with Crippen molar-refractivity contribution < 1.29 is 27.2 Å². The number of nitrogens with one attached hydrogen (secondary N) is 1. The first-order chi connectivity index (χ1) is 16.8. The van der Waals surface area contributed by atoms with E-state index in [2.05, 4.69) is 27.3 Å². The van der Waals surface area contributed by atoms with Gasteiger partial charge in [-0.1, -0.05) is 70.6 Å². The molecule has 1 saturated heterocycles. The van der Waals surface area contributed by atoms with Crippen molar-refractivity contribution in [2.45, 2.75) is 30.3 Å². The Kier molecular flexibility index (Phi) is 7.92. The predicted molar refractivity (Wildman–Crippen MR) is 137 cm³/mol. The SMILES string of the molecule is Cc1ccc(S(=O)(=O)N[C@H](c2ccco2)[C@@H](CCI)C(=O)N2C(=O)OC[C@@H]2c2ccccc2)cc1. The number of aryl methyl sites for hydroxylation is 1. The van der Waals surface area contributed by atoms with Gasteiger partial charge >= 0.3 is 6.09 Å². The van der Waals surface area contributed by atoms with E-state index in [1.165, 1.54) is 18.4 Å². The lowest BCUT2D eigenvalue weighted by molar-refractivity contribution is -0.134. The van der Waals surface area contributed by atoms with E-state index in [0.717, 1.165) is 16.0 Å². The van der Waals surface area contributed by atoms with Gasteiger partial charge in [-0.2, -0.15) is 4.72 Å². The first-order valence-corrected chi connectivity index (χ1v) is 14.1. The Bertz CT molecular complexity index is 1260. The summed E-state index contributed by atoms with van der Waals surface area (Å²) < 4.78 is 40.6. The van der Waals surface area contributed by atoms with Gasteiger partial charge in [-0.05, 0) is 43.2 Å². The number of amides is 2. The molecule has 4 rings (SSSR count). The topological polar surface area (TPSA) is 106 Å². The summed E-state index contributed by atoms with van der Waals surface area (Å²) in [5.74, 6) is -1.14. The van der Waals surface area contributed by atoms with Crippen LogP contribution in [0.15, 0.2) is 82.3 Å². The Morgan fingerprint density at radius 1 is 1.11 bits per heavy atom. The number of carbonyl (C=O) groups is 2. The zero-order chi connectivity index (χ0) is 25.0. The smallest absolute Gasteiger partial charge is 0.417 e. The number of cyclic esters (lactones) is 1. The molecular weight excluding hydrogens is 583 g/mol. The molecule has 1 aliphatic rings. The van der Waals surface area contributed by atoms with Crippen molar-refractivity contribution in [2.24, 2.45) is 5.92 Å². The molecule has 0 unspecified atom stereocenters. The molecule has 8 nitrogen and oxygen atoms in total. The number of alkyl halides is 1. The van der Waals surface area contributed by atoms with Gasteiger partial charge in [0.1, 0.15) is 18.4 Å². The lowest BCUT2D eigenvalue weighted by atomic mass is 9.93. The van der Waals surface area contributed by atoms with Gasteiger partial charge in [0, 0.05) is 4.43 Å². The average molecular weight is 608 g/mol. The summed E-state index contributed by atoms with van der Waals surface area (Å²) in [6.45, 7) is 1.90. The molecule has 0 spiro atoms. The van der Waals surface area contributed by atoms with Gasteiger partial charge < -0.3 is 9.15 Å². The minimum Gasteiger partial charge on any atom is -0.468 e. The third-order valence-electron chi connectivity index (χ3n) is 5.90. The molecule has 10 heteroatoms. The van der Waals surface area contributed by atoms with Crippen LogP contribution >= 0.6 is 22.6 Å². The van der Waals surface area contributed by atoms with Gasteiger partial charge in [-0.3, -0.25) is 4.79 Å². The molecule has 184 valence electrons. The molecule has 1 aliphatic heterocycles. The summed E-state index contributed by atoms with van der Waals surface area (Å²) in [4.78, 5) is 27.7. The highest BCUT2D eigenvalue weighted by Crippen LogP contribution is 2.35. The van der Waals surface area contributed by atoms with Gasteiger partial charge in [-0.15, -0.1) is 0 Å². The van der Waals surface area contributed by atoms with Crippen LogP contribution in [-0.2, 0) is 19.6 Å². The second-order valence-electron chi connectivity index (χ2n) is 8.22. The van der Waals surface area contributed by atoms with Gasteiger partial charge in [-0.25, -0.2) is 18.1 Å². The summed E-state index contributed by atoms with van der Waals surface area (Å²) in [5, 5.41) is 0. The van der Waals surface area contributed by atoms with Crippen LogP contribution in [-0.4, -0.2) is 36.4 Å². The highest BCUT2D eigenvalue weighted by molar-refractivity contribution is 14.1. The number of ether oxygens (including phenoxy) is 1. The Labute approximate surface area is 217 Å². The van der Waals surface area contributed by atoms with Crippen molar-refractivity contribution in [2.75, 3.05) is 11.0 Å². The number of nitrogens with zero attached hydrogens (tertiary/aromatic N) is 1. The molecule has 0 bridgehead atoms. The number of hydrogen-bond acceptors (Lipinski definition) is 6. The van der Waals surface area contributed by atoms with Crippen molar-refractivity contribution >= 4 is 44.6 Å². The van der Waals surface area contributed by atoms with Crippen LogP contribution in [0.2, 0.25) is 0 Å². The largest absolute Gasteiger partial charge is 0.468 e. The van der Waals surface area contributed by atoms with E-state index in [4.69, 9.17) is 9.15 Å². The summed E-state index contributed by atoms with van der Waals surface area (Å²) in [6.07, 6.45) is 0.985. The number of imide groups is 1. The fourth-order valence-corrected chi connectivity index (χ4v) is 5.99. The van der Waals surface area contributed by atoms with E-state index in [1.807, 2.05) is 37.3 Å². The highest BCUT2D eigenvalue weighted by Gasteiger charge is 2.45. The monoisotopic (exact) mass is 608 g/mol. The van der Waals surface area contributed by atoms with Crippen LogP contribution in [0.1, 0.15) is 35.4 Å². The normalized spacial score (nSPS) is 17.7. The lowest BCUT2D eigenvalue weighted by Crippen LogP contribution is -2.45. The van der Waals surface area contributed by atoms with Crippen LogP contribution < -0.4 is 4.72 Å². The number of sulfonamides is 1. The first kappa shape index (κ1) is 25.4. The fraction of sp³-hybridized carbons (Fsp3) is 0.280. The quantitative estimate of drug-likeness (QED) is 0.277. The van der Waals surface area contributed by atoms with Gasteiger partial charge in [0.05, 0.1) is 23.1 Å². The molecule has 2 amide bonds. The maximum atomic E-state index is 13.9. The van der Waals surface area contributed by atoms with Crippen LogP contribution in [0.5, 0.6) is 0 Å². The summed E-state index contributed by atoms with van der Waals surface area (Å²) >= 11 is 2.13. The number of hydrogen-bond donors (Lipinski definition) is 1. The summed E-state index contributed by atoms with van der Waals surface area (Å²) in [5.41, 5.74) is 1.68. The third kappa shape index (κ3) is 5.60. The van der Waals surface area contributed by atoms with Gasteiger partial charge in [0.25, 0.3) is 0 Å². The molecule has 2 aromatic carbocycles. The van der Waals surface area contributed by atoms with Crippen molar-refractivity contribution in [1.29, 1.82) is 0 Å². The van der Waals surface area contributed by atoms with E-state index >= 15 is 0 Å². The van der Waals surface area contributed by atoms with Crippen molar-refractivity contribution in [3.63, 3.8) is 0 Å². The Balaban J connectivity index is 1.70. The number of halogens is 1. The van der Waals surface area contributed by atoms with Crippen molar-refractivity contribution in [3.05, 3.63) is 89.9 Å². The Morgan fingerprint density at radius 3 is 2.46 bits per heavy atom. The zero-order valence-corrected chi connectivity index (χ0v) is 21.9. The molecule has 35 heavy (non-hydrogen) atoms. The Morgan fingerprint density at radius 2 is 1.83 bits per heavy atom. The van der Waals surface area contributed by atoms with E-state index in [9.17, 15) is 18.0 Å². The van der Waals surface area contributed by atoms with Crippen molar-refractivity contribution in [1.82, 2.24) is 9.62 Å². The number of benzene rings is 2. The van der Waals surface area contributed by atoms with Crippen LogP contribution in [0, 0.1) is 12.8 Å². The molecule has 1 aromatic heterocycles. The molecule has 0 radical (unpaired) electrons. The van der Waals surface area contributed by atoms with Crippen LogP contribution in [0.25, 0.3) is 0 Å². The fourth-order valence-electron chi connectivity index (χ4n) is 4.07. The lowest BCUT2D eigenvalue weighted by Gasteiger charge is -2.29. The van der Waals surface area contributed by atoms with E-state index < -0.39 is 40.0 Å². The van der Waals surface area contributed by atoms with E-state index in [-0.39, 0.29) is 17.3 Å². The summed E-state index contributed by atoms with van der Waals surface area (Å²) in [7, 11) is -4.00. The minimum atomic E-state index is -4.00. The van der Waals surface area contributed by atoms with Gasteiger partial charge in [0.15, 0.2) is 0 Å². The first-order valence-electron chi connectivity index (χ1n) is 11.0. The van der Waals surface area contributed by atoms with E-state index in [0.29, 0.717) is 10.8 Å². The maximum Gasteiger partial charge on any atom is 0.417 e. The standard InChI is InChI=1S/C25H25IN2O6S/c1-17-9-11-19(12-10-17)35(31,32)27-23(22-8-5-15-33-22)20(13-14-26)24(29)28-21(16-34-25(28)30)18-6-3-2-4-7-18/h2-12,15,20-21,23,27H,13-14,16H2,1H3/t20-,21-,23+/m1/s1. The molecule has 3 atom stereocenters. The van der Waals surface area contributed by atoms with E-state index in [1.54, 1.807) is 24.3 Å². The average Bonchev–Trinajstić information content (AvgIpc) is 3.52. The van der Waals surface area contributed by atoms with Crippen LogP contribution in [0.3, 0.4) is 0 Å². The molecular formula is C25H25IN2O6S. The molecule has 2 heterocycles. The molecule has 0 saturated carbocycles. The third-order valence-corrected chi connectivity index (χ3v) is 7.98.